The van der Waals surface area contributed by atoms with Gasteiger partial charge in [-0.3, -0.25) is 10.2 Å². The van der Waals surface area contributed by atoms with Gasteiger partial charge in [0.2, 0.25) is 0 Å². The van der Waals surface area contributed by atoms with Gasteiger partial charge in [0.25, 0.3) is 5.91 Å². The number of carboxylic acids is 1. The Morgan fingerprint density at radius 1 is 1.18 bits per heavy atom. The van der Waals surface area contributed by atoms with Crippen molar-refractivity contribution in [3.63, 3.8) is 0 Å². The molecule has 0 aliphatic rings. The molecule has 2 aromatic rings. The van der Waals surface area contributed by atoms with E-state index in [1.165, 1.54) is 12.1 Å². The molecule has 7 N–H and O–H groups in total. The Kier molecular flexibility index (Phi) is 8.36. The monoisotopic (exact) mass is 446 g/mol. The molecule has 0 spiro atoms. The molecule has 0 saturated carbocycles. The van der Waals surface area contributed by atoms with Crippen LogP contribution in [0.4, 0.5) is 5.69 Å². The van der Waals surface area contributed by atoms with Gasteiger partial charge in [0.15, 0.2) is 12.6 Å². The highest BCUT2D eigenvalue weighted by Crippen LogP contribution is 2.37. The Bertz CT molecular complexity index is 891. The van der Waals surface area contributed by atoms with E-state index < -0.39 is 24.5 Å². The Morgan fingerprint density at radius 2 is 1.79 bits per heavy atom. The molecule has 11 heteroatoms. The fourth-order valence-electron chi connectivity index (χ4n) is 2.28. The number of hydrogen-bond acceptors (Lipinski definition) is 5. The number of ether oxygens (including phenoxy) is 1. The van der Waals surface area contributed by atoms with E-state index in [2.05, 4.69) is 5.32 Å². The van der Waals surface area contributed by atoms with Crippen LogP contribution in [-0.2, 0) is 9.59 Å². The van der Waals surface area contributed by atoms with E-state index in [9.17, 15) is 14.7 Å². The van der Waals surface area contributed by atoms with Gasteiger partial charge in [-0.25, -0.2) is 4.79 Å². The Hall–Kier alpha value is -2.68. The Morgan fingerprint density at radius 3 is 2.29 bits per heavy atom. The van der Waals surface area contributed by atoms with Crippen molar-refractivity contribution in [3.05, 3.63) is 57.6 Å². The Labute approximate surface area is 176 Å². The van der Waals surface area contributed by atoms with Crippen molar-refractivity contribution in [3.8, 4) is 5.75 Å². The molecular weight excluding hydrogens is 431 g/mol. The van der Waals surface area contributed by atoms with Gasteiger partial charge in [-0.1, -0.05) is 23.2 Å². The maximum absolute atomic E-state index is 11.8. The first kappa shape index (κ1) is 23.4. The van der Waals surface area contributed by atoms with Crippen molar-refractivity contribution in [1.29, 1.82) is 5.41 Å². The van der Waals surface area contributed by atoms with Crippen molar-refractivity contribution in [2.24, 2.45) is 11.5 Å². The lowest BCUT2D eigenvalue weighted by atomic mass is 10.0. The van der Waals surface area contributed by atoms with Gasteiger partial charge in [0.05, 0.1) is 5.02 Å². The molecule has 0 bridgehead atoms. The van der Waals surface area contributed by atoms with Crippen LogP contribution in [0.25, 0.3) is 0 Å². The first-order valence-electron chi connectivity index (χ1n) is 7.53. The summed E-state index contributed by atoms with van der Waals surface area (Å²) >= 11 is 12.1. The summed E-state index contributed by atoms with van der Waals surface area (Å²) in [4.78, 5) is 22.9. The number of hydrogen-bond donors (Lipinski definition) is 5. The lowest BCUT2D eigenvalue weighted by Gasteiger charge is -2.20. The summed E-state index contributed by atoms with van der Waals surface area (Å²) in [5, 5.41) is 20.1. The maximum Gasteiger partial charge on any atom is 0.330 e. The zero-order valence-corrected chi connectivity index (χ0v) is 16.6. The number of amidine groups is 1. The molecule has 0 aliphatic carbocycles. The fraction of sp³-hybridized carbons (Fsp3) is 0.118. The van der Waals surface area contributed by atoms with Gasteiger partial charge >= 0.3 is 5.97 Å². The van der Waals surface area contributed by atoms with Crippen LogP contribution in [0.15, 0.2) is 36.4 Å². The second-order valence-electron chi connectivity index (χ2n) is 5.47. The smallest absolute Gasteiger partial charge is 0.330 e. The largest absolute Gasteiger partial charge is 0.482 e. The molecule has 0 saturated heterocycles. The zero-order chi connectivity index (χ0) is 20.1. The highest BCUT2D eigenvalue weighted by atomic mass is 35.5. The summed E-state index contributed by atoms with van der Waals surface area (Å²) in [6.45, 7) is -0.478. The summed E-state index contributed by atoms with van der Waals surface area (Å²) in [5.41, 5.74) is 11.5. The SMILES string of the molecule is Cl.N=C(N)c1ccc(NC(C(=O)O)c2cc(Cl)cc(Cl)c2OCC(N)=O)cc1. The molecule has 1 amide bonds. The van der Waals surface area contributed by atoms with Crippen LogP contribution < -0.4 is 21.5 Å². The molecule has 0 fully saturated rings. The third-order valence-corrected chi connectivity index (χ3v) is 3.96. The topological polar surface area (TPSA) is 152 Å². The van der Waals surface area contributed by atoms with Gasteiger partial charge in [-0.2, -0.15) is 0 Å². The molecule has 150 valence electrons. The van der Waals surface area contributed by atoms with Crippen LogP contribution in [-0.4, -0.2) is 29.4 Å². The number of anilines is 1. The second-order valence-corrected chi connectivity index (χ2v) is 6.31. The number of amides is 1. The first-order valence-corrected chi connectivity index (χ1v) is 8.28. The minimum absolute atomic E-state index is 0. The molecule has 0 radical (unpaired) electrons. The number of nitrogens with two attached hydrogens (primary N) is 2. The van der Waals surface area contributed by atoms with E-state index in [-0.39, 0.29) is 39.6 Å². The van der Waals surface area contributed by atoms with Crippen LogP contribution in [0.1, 0.15) is 17.2 Å². The molecule has 8 nitrogen and oxygen atoms in total. The molecule has 0 heterocycles. The zero-order valence-electron chi connectivity index (χ0n) is 14.2. The van der Waals surface area contributed by atoms with Crippen molar-refractivity contribution in [1.82, 2.24) is 0 Å². The van der Waals surface area contributed by atoms with Crippen LogP contribution in [0.2, 0.25) is 10.0 Å². The lowest BCUT2D eigenvalue weighted by molar-refractivity contribution is -0.138. The molecular formula is C17H17Cl3N4O4. The van der Waals surface area contributed by atoms with Gasteiger partial charge < -0.3 is 26.6 Å². The third-order valence-electron chi connectivity index (χ3n) is 3.46. The normalized spacial score (nSPS) is 11.1. The minimum Gasteiger partial charge on any atom is -0.482 e. The van der Waals surface area contributed by atoms with Crippen LogP contribution in [0, 0.1) is 5.41 Å². The molecule has 2 rings (SSSR count). The number of aliphatic carboxylic acids is 1. The number of carbonyl (C=O) groups excluding carboxylic acids is 1. The van der Waals surface area contributed by atoms with E-state index in [4.69, 9.17) is 44.8 Å². The van der Waals surface area contributed by atoms with Crippen molar-refractivity contribution < 1.29 is 19.4 Å². The van der Waals surface area contributed by atoms with Gasteiger partial charge in [0.1, 0.15) is 11.6 Å². The number of halogens is 3. The maximum atomic E-state index is 11.8. The molecule has 2 aromatic carbocycles. The number of primary amides is 1. The number of nitrogen functional groups attached to an aromatic ring is 1. The highest BCUT2D eigenvalue weighted by molar-refractivity contribution is 6.35. The van der Waals surface area contributed by atoms with E-state index in [1.54, 1.807) is 24.3 Å². The summed E-state index contributed by atoms with van der Waals surface area (Å²) < 4.78 is 5.29. The number of nitrogens with one attached hydrogen (secondary N) is 2. The predicted molar refractivity (Wildman–Crippen MR) is 110 cm³/mol. The summed E-state index contributed by atoms with van der Waals surface area (Å²) in [7, 11) is 0. The molecule has 0 aliphatic heterocycles. The second kappa shape index (κ2) is 10.0. The molecule has 28 heavy (non-hydrogen) atoms. The van der Waals surface area contributed by atoms with Crippen molar-refractivity contribution >= 4 is 59.0 Å². The van der Waals surface area contributed by atoms with Crippen molar-refractivity contribution in [2.45, 2.75) is 6.04 Å². The number of rotatable bonds is 8. The first-order chi connectivity index (χ1) is 12.7. The minimum atomic E-state index is -1.28. The predicted octanol–water partition coefficient (Wildman–Crippen LogP) is 2.80. The molecule has 0 aromatic heterocycles. The summed E-state index contributed by atoms with van der Waals surface area (Å²) in [5.74, 6) is -2.10. The van der Waals surface area contributed by atoms with Crippen LogP contribution in [0.5, 0.6) is 5.75 Å². The van der Waals surface area contributed by atoms with Gasteiger partial charge in [-0.05, 0) is 36.4 Å². The van der Waals surface area contributed by atoms with E-state index in [0.29, 0.717) is 11.3 Å². The fourth-order valence-corrected chi connectivity index (χ4v) is 2.84. The van der Waals surface area contributed by atoms with Crippen molar-refractivity contribution in [2.75, 3.05) is 11.9 Å². The quantitative estimate of drug-likeness (QED) is 0.310. The van der Waals surface area contributed by atoms with Crippen LogP contribution >= 0.6 is 35.6 Å². The molecule has 1 atom stereocenters. The van der Waals surface area contributed by atoms with E-state index in [0.717, 1.165) is 0 Å². The number of carboxylic acid groups (broad SMARTS) is 1. The third kappa shape index (κ3) is 5.91. The number of benzene rings is 2. The highest BCUT2D eigenvalue weighted by Gasteiger charge is 2.26. The molecule has 1 unspecified atom stereocenters. The standard InChI is InChI=1S/C17H16Cl2N4O4.ClH/c18-9-5-11(15(12(19)6-9)27-7-13(20)24)14(17(25)26)23-10-3-1-8(2-4-10)16(21)22;/h1-6,14,23H,7H2,(H2,20,24)(H3,21,22)(H,25,26);1H. The number of carbonyl (C=O) groups is 2. The Balaban J connectivity index is 0.00000392. The lowest BCUT2D eigenvalue weighted by Crippen LogP contribution is -2.24. The summed E-state index contributed by atoms with van der Waals surface area (Å²) in [6.07, 6.45) is 0. The van der Waals surface area contributed by atoms with Gasteiger partial charge in [-0.15, -0.1) is 12.4 Å². The van der Waals surface area contributed by atoms with E-state index in [1.807, 2.05) is 0 Å². The van der Waals surface area contributed by atoms with Gasteiger partial charge in [0, 0.05) is 21.8 Å². The summed E-state index contributed by atoms with van der Waals surface area (Å²) in [6, 6.07) is 7.74. The average molecular weight is 448 g/mol. The average Bonchev–Trinajstić information content (AvgIpc) is 2.58. The van der Waals surface area contributed by atoms with Crippen LogP contribution in [0.3, 0.4) is 0 Å². The van der Waals surface area contributed by atoms with E-state index >= 15 is 0 Å².